The fourth-order valence-electron chi connectivity index (χ4n) is 1.30. The molecule has 1 aromatic carbocycles. The summed E-state index contributed by atoms with van der Waals surface area (Å²) in [5.41, 5.74) is 1.12. The highest BCUT2D eigenvalue weighted by Gasteiger charge is 2.36. The largest absolute Gasteiger partial charge is 0.347 e. The van der Waals surface area contributed by atoms with E-state index in [0.29, 0.717) is 0 Å². The number of carbonyl (C=O) groups excluding carboxylic acids is 1. The van der Waals surface area contributed by atoms with Gasteiger partial charge in [0, 0.05) is 0 Å². The van der Waals surface area contributed by atoms with Crippen LogP contribution in [0.15, 0.2) is 30.3 Å². The lowest BCUT2D eigenvalue weighted by Crippen LogP contribution is -2.52. The van der Waals surface area contributed by atoms with E-state index in [1.54, 1.807) is 0 Å². The Kier molecular flexibility index (Phi) is 1.81. The number of amides is 1. The van der Waals surface area contributed by atoms with Gasteiger partial charge in [-0.1, -0.05) is 30.3 Å². The van der Waals surface area contributed by atoms with Crippen molar-refractivity contribution < 1.29 is 4.79 Å². The van der Waals surface area contributed by atoms with Crippen molar-refractivity contribution in [2.45, 2.75) is 11.3 Å². The number of rotatable bonds is 1. The first-order valence-corrected chi connectivity index (χ1v) is 4.34. The van der Waals surface area contributed by atoms with E-state index in [-0.39, 0.29) is 17.2 Å². The number of carbonyl (C=O) groups is 1. The molecule has 3 heteroatoms. The van der Waals surface area contributed by atoms with Gasteiger partial charge in [-0.2, -0.15) is 12.6 Å². The molecule has 2 rings (SSSR count). The van der Waals surface area contributed by atoms with Gasteiger partial charge >= 0.3 is 0 Å². The van der Waals surface area contributed by atoms with Crippen molar-refractivity contribution in [1.82, 2.24) is 5.32 Å². The fourth-order valence-corrected chi connectivity index (χ4v) is 1.62. The lowest BCUT2D eigenvalue weighted by Gasteiger charge is -2.33. The van der Waals surface area contributed by atoms with Crippen LogP contribution in [0.5, 0.6) is 0 Å². The smallest absolute Gasteiger partial charge is 0.235 e. The van der Waals surface area contributed by atoms with Crippen LogP contribution in [-0.2, 0) is 4.79 Å². The Morgan fingerprint density at radius 1 is 1.25 bits per heavy atom. The first-order chi connectivity index (χ1) is 5.79. The molecule has 12 heavy (non-hydrogen) atoms. The van der Waals surface area contributed by atoms with Gasteiger partial charge in [0.2, 0.25) is 5.91 Å². The Hall–Kier alpha value is -0.960. The van der Waals surface area contributed by atoms with Crippen molar-refractivity contribution >= 4 is 18.5 Å². The van der Waals surface area contributed by atoms with E-state index in [0.717, 1.165) is 5.56 Å². The average molecular weight is 179 g/mol. The zero-order valence-electron chi connectivity index (χ0n) is 6.40. The van der Waals surface area contributed by atoms with E-state index in [1.807, 2.05) is 30.3 Å². The first-order valence-electron chi connectivity index (χ1n) is 3.82. The van der Waals surface area contributed by atoms with Crippen molar-refractivity contribution in [3.8, 4) is 0 Å². The predicted octanol–water partition coefficient (Wildman–Crippen LogP) is 1.16. The summed E-state index contributed by atoms with van der Waals surface area (Å²) in [7, 11) is 0. The van der Waals surface area contributed by atoms with Crippen LogP contribution in [0.2, 0.25) is 0 Å². The molecule has 62 valence electrons. The van der Waals surface area contributed by atoms with E-state index in [2.05, 4.69) is 17.9 Å². The monoisotopic (exact) mass is 179 g/mol. The van der Waals surface area contributed by atoms with E-state index < -0.39 is 0 Å². The van der Waals surface area contributed by atoms with Gasteiger partial charge < -0.3 is 5.32 Å². The molecular formula is C9H9NOS. The average Bonchev–Trinajstić information content (AvgIpc) is 2.15. The summed E-state index contributed by atoms with van der Waals surface area (Å²) in [4.78, 5) is 10.8. The van der Waals surface area contributed by atoms with Crippen LogP contribution in [-0.4, -0.2) is 11.2 Å². The molecule has 0 aliphatic carbocycles. The quantitative estimate of drug-likeness (QED) is 0.491. The number of hydrogen-bond donors (Lipinski definition) is 2. The van der Waals surface area contributed by atoms with Crippen LogP contribution in [0.25, 0.3) is 0 Å². The normalized spacial score (nSPS) is 27.6. The second-order valence-corrected chi connectivity index (χ2v) is 3.40. The Morgan fingerprint density at radius 3 is 2.42 bits per heavy atom. The van der Waals surface area contributed by atoms with Crippen LogP contribution < -0.4 is 5.32 Å². The molecule has 0 radical (unpaired) electrons. The Morgan fingerprint density at radius 2 is 1.92 bits per heavy atom. The maximum Gasteiger partial charge on any atom is 0.235 e. The van der Waals surface area contributed by atoms with Crippen molar-refractivity contribution in [2.75, 3.05) is 0 Å². The zero-order chi connectivity index (χ0) is 8.55. The molecule has 1 amide bonds. The van der Waals surface area contributed by atoms with Gasteiger partial charge in [-0.25, -0.2) is 0 Å². The Bertz CT molecular complexity index is 299. The summed E-state index contributed by atoms with van der Waals surface area (Å²) in [6.45, 7) is 0. The molecule has 2 atom stereocenters. The Labute approximate surface area is 76.4 Å². The molecular weight excluding hydrogens is 170 g/mol. The standard InChI is InChI=1S/C9H9NOS/c11-9-8(12)7(10-9)6-4-2-1-3-5-6/h1-5,7-8,12H,(H,10,11)/t7-,8+/m0/s1. The molecule has 1 fully saturated rings. The minimum atomic E-state index is -0.174. The highest BCUT2D eigenvalue weighted by molar-refractivity contribution is 7.82. The van der Waals surface area contributed by atoms with E-state index in [1.165, 1.54) is 0 Å². The third-order valence-electron chi connectivity index (χ3n) is 2.04. The molecule has 1 aliphatic heterocycles. The molecule has 1 aliphatic rings. The minimum absolute atomic E-state index is 0.0205. The predicted molar refractivity (Wildman–Crippen MR) is 50.1 cm³/mol. The van der Waals surface area contributed by atoms with Gasteiger partial charge in [-0.05, 0) is 5.56 Å². The number of nitrogens with one attached hydrogen (secondary N) is 1. The van der Waals surface area contributed by atoms with Crippen molar-refractivity contribution in [3.63, 3.8) is 0 Å². The van der Waals surface area contributed by atoms with Gasteiger partial charge in [-0.15, -0.1) is 0 Å². The van der Waals surface area contributed by atoms with E-state index in [9.17, 15) is 4.79 Å². The van der Waals surface area contributed by atoms with Crippen LogP contribution >= 0.6 is 12.6 Å². The van der Waals surface area contributed by atoms with Crippen LogP contribution in [0.1, 0.15) is 11.6 Å². The summed E-state index contributed by atoms with van der Waals surface area (Å²) in [6.07, 6.45) is 0. The molecule has 0 spiro atoms. The van der Waals surface area contributed by atoms with Gasteiger partial charge in [0.1, 0.15) is 5.25 Å². The van der Waals surface area contributed by atoms with Gasteiger partial charge in [0.15, 0.2) is 0 Å². The zero-order valence-corrected chi connectivity index (χ0v) is 7.29. The van der Waals surface area contributed by atoms with Crippen molar-refractivity contribution in [2.24, 2.45) is 0 Å². The fraction of sp³-hybridized carbons (Fsp3) is 0.222. The molecule has 1 N–H and O–H groups in total. The maximum atomic E-state index is 10.8. The topological polar surface area (TPSA) is 29.1 Å². The highest BCUT2D eigenvalue weighted by Crippen LogP contribution is 2.27. The second-order valence-electron chi connectivity index (χ2n) is 2.84. The summed E-state index contributed by atoms with van der Waals surface area (Å²) in [5, 5.41) is 2.62. The number of hydrogen-bond acceptors (Lipinski definition) is 2. The lowest BCUT2D eigenvalue weighted by atomic mass is 9.97. The molecule has 1 saturated heterocycles. The van der Waals surface area contributed by atoms with Crippen molar-refractivity contribution in [1.29, 1.82) is 0 Å². The van der Waals surface area contributed by atoms with Gasteiger partial charge in [0.05, 0.1) is 6.04 Å². The summed E-state index contributed by atoms with van der Waals surface area (Å²) in [5.74, 6) is 0.0205. The molecule has 0 saturated carbocycles. The lowest BCUT2D eigenvalue weighted by molar-refractivity contribution is -0.127. The molecule has 1 aromatic rings. The van der Waals surface area contributed by atoms with Gasteiger partial charge in [0.25, 0.3) is 0 Å². The molecule has 2 nitrogen and oxygen atoms in total. The third kappa shape index (κ3) is 1.10. The highest BCUT2D eigenvalue weighted by atomic mass is 32.1. The molecule has 0 aromatic heterocycles. The number of thiol groups is 1. The van der Waals surface area contributed by atoms with Crippen molar-refractivity contribution in [3.05, 3.63) is 35.9 Å². The molecule has 0 unspecified atom stereocenters. The second kappa shape index (κ2) is 2.83. The Balaban J connectivity index is 2.18. The van der Waals surface area contributed by atoms with Gasteiger partial charge in [-0.3, -0.25) is 4.79 Å². The molecule has 1 heterocycles. The minimum Gasteiger partial charge on any atom is -0.347 e. The SMILES string of the molecule is O=C1N[C@@H](c2ccccc2)[C@H]1S. The van der Waals surface area contributed by atoms with Crippen LogP contribution in [0.4, 0.5) is 0 Å². The molecule has 0 bridgehead atoms. The van der Waals surface area contributed by atoms with E-state index >= 15 is 0 Å². The van der Waals surface area contributed by atoms with Crippen LogP contribution in [0, 0.1) is 0 Å². The summed E-state index contributed by atoms with van der Waals surface area (Å²) in [6, 6.07) is 9.96. The summed E-state index contributed by atoms with van der Waals surface area (Å²) >= 11 is 4.17. The van der Waals surface area contributed by atoms with E-state index in [4.69, 9.17) is 0 Å². The van der Waals surface area contributed by atoms with Crippen LogP contribution in [0.3, 0.4) is 0 Å². The number of benzene rings is 1. The number of β-lactam (4-membered cyclic amide) rings is 1. The third-order valence-corrected chi connectivity index (χ3v) is 2.57. The first kappa shape index (κ1) is 7.68. The maximum absolute atomic E-state index is 10.8. The summed E-state index contributed by atoms with van der Waals surface area (Å²) < 4.78 is 0.